The second-order valence-electron chi connectivity index (χ2n) is 14.0. The number of benzene rings is 2. The van der Waals surface area contributed by atoms with Crippen LogP contribution in [-0.4, -0.2) is 3.21 Å². The molecule has 2 aromatic carbocycles. The van der Waals surface area contributed by atoms with Gasteiger partial charge in [-0.05, 0) is 0 Å². The first-order valence-electron chi connectivity index (χ1n) is 15.3. The Morgan fingerprint density at radius 2 is 1.38 bits per heavy atom. The Kier molecular flexibility index (Phi) is 12.5. The number of hydrogen-bond donors (Lipinski definition) is 0. The summed E-state index contributed by atoms with van der Waals surface area (Å²) in [6.07, 6.45) is 17.6. The summed E-state index contributed by atoms with van der Waals surface area (Å²) in [7, 11) is 0. The van der Waals surface area contributed by atoms with E-state index in [0.717, 1.165) is 6.42 Å². The third kappa shape index (κ3) is 7.24. The topological polar surface area (TPSA) is 0 Å². The molecule has 4 rings (SSSR count). The molecule has 0 atom stereocenters. The average Bonchev–Trinajstić information content (AvgIpc) is 3.47. The molecule has 0 amide bonds. The smallest absolute Gasteiger partial charge is 1.00 e. The van der Waals surface area contributed by atoms with Crippen LogP contribution >= 0.6 is 0 Å². The van der Waals surface area contributed by atoms with E-state index in [0.29, 0.717) is 0 Å². The number of aryl methyl sites for hydroxylation is 1. The van der Waals surface area contributed by atoms with Gasteiger partial charge in [0.2, 0.25) is 0 Å². The molecule has 2 aromatic rings. The number of fused-ring (bicyclic) bond motifs is 3. The number of unbranched alkanes of at least 4 members (excludes halogenated alkanes) is 2. The first-order chi connectivity index (χ1) is 17.9. The molecular weight excluding hydrogens is 607 g/mol. The van der Waals surface area contributed by atoms with Crippen LogP contribution in [0.5, 0.6) is 0 Å². The van der Waals surface area contributed by atoms with Gasteiger partial charge in [-0.2, -0.15) is 0 Å². The maximum Gasteiger partial charge on any atom is -1.00 e. The third-order valence-corrected chi connectivity index (χ3v) is 17.1. The van der Waals surface area contributed by atoms with Gasteiger partial charge in [-0.1, -0.05) is 0 Å². The van der Waals surface area contributed by atoms with Crippen LogP contribution in [0.25, 0.3) is 11.1 Å². The van der Waals surface area contributed by atoms with Crippen molar-refractivity contribution < 1.29 is 46.1 Å². The fourth-order valence-corrected chi connectivity index (χ4v) is 15.7. The third-order valence-electron chi connectivity index (χ3n) is 8.78. The van der Waals surface area contributed by atoms with Crippen molar-refractivity contribution in [2.75, 3.05) is 0 Å². The first-order valence-corrected chi connectivity index (χ1v) is 19.0. The molecule has 0 aromatic heterocycles. The van der Waals surface area contributed by atoms with E-state index in [2.05, 4.69) is 106 Å². The molecule has 0 heterocycles. The maximum absolute atomic E-state index is 2.61. The molecule has 2 aliphatic carbocycles. The number of halogens is 2. The molecule has 0 N–H and O–H groups in total. The van der Waals surface area contributed by atoms with Gasteiger partial charge in [0.15, 0.2) is 0 Å². The van der Waals surface area contributed by atoms with E-state index in [1.54, 1.807) is 27.8 Å². The van der Waals surface area contributed by atoms with Crippen molar-refractivity contribution in [1.82, 2.24) is 0 Å². The summed E-state index contributed by atoms with van der Waals surface area (Å²) in [6, 6.07) is 7.71. The van der Waals surface area contributed by atoms with Gasteiger partial charge in [0.05, 0.1) is 0 Å². The molecular formula is C37H52Cl2Zr. The molecule has 0 nitrogen and oxygen atoms in total. The number of hydrogen-bond acceptors (Lipinski definition) is 0. The molecule has 0 spiro atoms. The Hall–Kier alpha value is -0.747. The SMILES string of the molecule is CCCC[C](CCCC)=[Zr+2]([C]1=CC=CC1)[c]1c(C)c(C(C)(C)C)cc2c1Cc1cc(C)c(C(C)(C)C)cc1-2.[Cl-].[Cl-]. The van der Waals surface area contributed by atoms with Crippen molar-refractivity contribution in [2.45, 2.75) is 131 Å². The summed E-state index contributed by atoms with van der Waals surface area (Å²) < 4.78 is 5.64. The zero-order chi connectivity index (χ0) is 27.8. The van der Waals surface area contributed by atoms with Crippen LogP contribution in [0.3, 0.4) is 0 Å². The molecule has 0 fully saturated rings. The molecule has 0 radical (unpaired) electrons. The van der Waals surface area contributed by atoms with Gasteiger partial charge >= 0.3 is 243 Å². The maximum atomic E-state index is 2.61. The first kappa shape index (κ1) is 35.4. The van der Waals surface area contributed by atoms with Gasteiger partial charge in [0, 0.05) is 0 Å². The predicted molar refractivity (Wildman–Crippen MR) is 167 cm³/mol. The Morgan fingerprint density at radius 1 is 0.800 bits per heavy atom. The molecule has 0 saturated heterocycles. The van der Waals surface area contributed by atoms with Crippen LogP contribution < -0.4 is 28.1 Å². The molecule has 0 aliphatic heterocycles. The second kappa shape index (κ2) is 14.1. The van der Waals surface area contributed by atoms with E-state index in [1.165, 1.54) is 61.6 Å². The van der Waals surface area contributed by atoms with Crippen molar-refractivity contribution in [3.63, 3.8) is 0 Å². The summed E-state index contributed by atoms with van der Waals surface area (Å²) in [6.45, 7) is 23.9. The molecule has 0 saturated carbocycles. The molecule has 40 heavy (non-hydrogen) atoms. The quantitative estimate of drug-likeness (QED) is 0.342. The van der Waals surface area contributed by atoms with Crippen molar-refractivity contribution in [3.05, 3.63) is 73.1 Å². The van der Waals surface area contributed by atoms with Gasteiger partial charge in [-0.15, -0.1) is 0 Å². The molecule has 218 valence electrons. The zero-order valence-corrected chi connectivity index (χ0v) is 30.8. The summed E-state index contributed by atoms with van der Waals surface area (Å²) in [5.41, 5.74) is 12.8. The predicted octanol–water partition coefficient (Wildman–Crippen LogP) is 4.12. The zero-order valence-electron chi connectivity index (χ0n) is 26.9. The van der Waals surface area contributed by atoms with Crippen LogP contribution in [0, 0.1) is 13.8 Å². The summed E-state index contributed by atoms with van der Waals surface area (Å²) >= 11 is -2.28. The van der Waals surface area contributed by atoms with Crippen molar-refractivity contribution in [2.24, 2.45) is 0 Å². The molecule has 0 unspecified atom stereocenters. The minimum Gasteiger partial charge on any atom is -1.00 e. The largest absolute Gasteiger partial charge is 1.00 e. The molecule has 3 heteroatoms. The van der Waals surface area contributed by atoms with Gasteiger partial charge in [0.25, 0.3) is 0 Å². The monoisotopic (exact) mass is 656 g/mol. The molecule has 0 bridgehead atoms. The standard InChI is InChI=1S/C23H29.C9H18.C5H5.2ClH.Zr/c1-14-9-16-11-17-10-15(2)21(23(6,7)8)13-19(17)18(16)12-20(14)22(3,4)5;1-3-5-7-9-8-6-4-2;1-2-4-5-3-1;;;/h9,12-13H,11H2,1-8H3;3-8H2,1-2H3;1-3H,4H2;2*1H;/q;;;;;+2/p-2. The Labute approximate surface area is 266 Å². The minimum atomic E-state index is -2.28. The number of rotatable bonds is 8. The van der Waals surface area contributed by atoms with E-state index >= 15 is 0 Å². The average molecular weight is 659 g/mol. The van der Waals surface area contributed by atoms with Gasteiger partial charge in [-0.3, -0.25) is 0 Å². The van der Waals surface area contributed by atoms with Crippen LogP contribution in [0.2, 0.25) is 0 Å². The number of allylic oxidation sites excluding steroid dienone is 4. The van der Waals surface area contributed by atoms with Gasteiger partial charge in [-0.25, -0.2) is 0 Å². The van der Waals surface area contributed by atoms with Crippen LogP contribution in [0.15, 0.2) is 39.7 Å². The summed E-state index contributed by atoms with van der Waals surface area (Å²) in [4.78, 5) is 0. The minimum absolute atomic E-state index is 0. The van der Waals surface area contributed by atoms with Crippen molar-refractivity contribution >= 4 is 6.48 Å². The van der Waals surface area contributed by atoms with E-state index in [4.69, 9.17) is 0 Å². The van der Waals surface area contributed by atoms with Crippen LogP contribution in [0.4, 0.5) is 0 Å². The van der Waals surface area contributed by atoms with Gasteiger partial charge < -0.3 is 24.8 Å². The van der Waals surface area contributed by atoms with Crippen molar-refractivity contribution in [1.29, 1.82) is 0 Å². The van der Waals surface area contributed by atoms with E-state index in [-0.39, 0.29) is 35.6 Å². The van der Waals surface area contributed by atoms with Crippen molar-refractivity contribution in [3.8, 4) is 11.1 Å². The fourth-order valence-electron chi connectivity index (χ4n) is 6.89. The van der Waals surface area contributed by atoms with E-state index in [1.807, 2.05) is 9.76 Å². The van der Waals surface area contributed by atoms with E-state index < -0.39 is 21.3 Å². The Morgan fingerprint density at radius 3 is 1.88 bits per heavy atom. The normalized spacial score (nSPS) is 13.6. The van der Waals surface area contributed by atoms with Gasteiger partial charge in [0.1, 0.15) is 0 Å². The summed E-state index contributed by atoms with van der Waals surface area (Å²) in [5.74, 6) is 0. The molecule has 2 aliphatic rings. The van der Waals surface area contributed by atoms with Crippen LogP contribution in [-0.2, 0) is 38.5 Å². The fraction of sp³-hybridized carbons (Fsp3) is 0.541. The Bertz CT molecular complexity index is 1300. The van der Waals surface area contributed by atoms with E-state index in [9.17, 15) is 0 Å². The second-order valence-corrected chi connectivity index (χ2v) is 20.4. The summed E-state index contributed by atoms with van der Waals surface area (Å²) in [5, 5.41) is 0. The Balaban J connectivity index is 0.00000280. The van der Waals surface area contributed by atoms with Crippen LogP contribution in [0.1, 0.15) is 134 Å².